The van der Waals surface area contributed by atoms with E-state index in [9.17, 15) is 4.79 Å². The maximum Gasteiger partial charge on any atom is 0.224 e. The Morgan fingerprint density at radius 1 is 1.36 bits per heavy atom. The fourth-order valence-corrected chi connectivity index (χ4v) is 2.77. The number of hydrogen-bond donors (Lipinski definition) is 2. The molecule has 1 aromatic carbocycles. The average Bonchev–Trinajstić information content (AvgIpc) is 2.93. The van der Waals surface area contributed by atoms with E-state index in [1.165, 1.54) is 0 Å². The van der Waals surface area contributed by atoms with Gasteiger partial charge in [0, 0.05) is 24.1 Å². The van der Waals surface area contributed by atoms with Gasteiger partial charge in [-0.3, -0.25) is 4.79 Å². The first-order chi connectivity index (χ1) is 10.6. The lowest BCUT2D eigenvalue weighted by Gasteiger charge is -2.11. The van der Waals surface area contributed by atoms with E-state index < -0.39 is 0 Å². The van der Waals surface area contributed by atoms with Crippen molar-refractivity contribution < 1.29 is 9.90 Å². The van der Waals surface area contributed by atoms with Gasteiger partial charge in [-0.05, 0) is 24.8 Å². The van der Waals surface area contributed by atoms with Gasteiger partial charge in [0.05, 0.1) is 17.1 Å². The second kappa shape index (κ2) is 8.06. The Morgan fingerprint density at radius 2 is 2.09 bits per heavy atom. The first-order valence-electron chi connectivity index (χ1n) is 7.47. The minimum Gasteiger partial charge on any atom is -0.396 e. The number of hydrogen-bond acceptors (Lipinski definition) is 4. The summed E-state index contributed by atoms with van der Waals surface area (Å²) < 4.78 is 0. The molecular weight excluding hydrogens is 296 g/mol. The van der Waals surface area contributed by atoms with Crippen molar-refractivity contribution >= 4 is 17.2 Å². The quantitative estimate of drug-likeness (QED) is 0.825. The highest BCUT2D eigenvalue weighted by atomic mass is 32.1. The summed E-state index contributed by atoms with van der Waals surface area (Å²) in [5, 5.41) is 14.8. The summed E-state index contributed by atoms with van der Waals surface area (Å²) in [5.74, 6) is 0.311. The third-order valence-electron chi connectivity index (χ3n) is 3.50. The van der Waals surface area contributed by atoms with Crippen LogP contribution in [0.15, 0.2) is 29.6 Å². The Hall–Kier alpha value is -1.72. The van der Waals surface area contributed by atoms with Crippen molar-refractivity contribution in [3.05, 3.63) is 40.2 Å². The van der Waals surface area contributed by atoms with Crippen molar-refractivity contribution in [1.82, 2.24) is 10.3 Å². The maximum absolute atomic E-state index is 11.9. The Balaban J connectivity index is 1.87. The molecule has 2 rings (SSSR count). The Morgan fingerprint density at radius 3 is 2.68 bits per heavy atom. The first kappa shape index (κ1) is 16.6. The van der Waals surface area contributed by atoms with Crippen LogP contribution in [0.2, 0.25) is 0 Å². The van der Waals surface area contributed by atoms with Crippen molar-refractivity contribution in [3.8, 4) is 11.3 Å². The molecule has 0 spiro atoms. The number of aryl methyl sites for hydroxylation is 1. The van der Waals surface area contributed by atoms with Crippen LogP contribution in [0.1, 0.15) is 23.9 Å². The predicted octanol–water partition coefficient (Wildman–Crippen LogP) is 2.80. The largest absolute Gasteiger partial charge is 0.396 e. The molecule has 1 unspecified atom stereocenters. The van der Waals surface area contributed by atoms with Crippen LogP contribution >= 0.6 is 11.3 Å². The highest BCUT2D eigenvalue weighted by molar-refractivity contribution is 7.09. The summed E-state index contributed by atoms with van der Waals surface area (Å²) in [6.45, 7) is 4.77. The molecule has 1 amide bonds. The molecule has 0 aliphatic heterocycles. The number of amides is 1. The molecule has 1 heterocycles. The van der Waals surface area contributed by atoms with Crippen LogP contribution in [0, 0.1) is 12.8 Å². The van der Waals surface area contributed by atoms with Crippen molar-refractivity contribution in [2.45, 2.75) is 26.7 Å². The monoisotopic (exact) mass is 318 g/mol. The van der Waals surface area contributed by atoms with Gasteiger partial charge < -0.3 is 10.4 Å². The second-order valence-corrected chi connectivity index (χ2v) is 6.61. The number of rotatable bonds is 7. The van der Waals surface area contributed by atoms with Gasteiger partial charge in [-0.1, -0.05) is 31.2 Å². The molecule has 5 heteroatoms. The summed E-state index contributed by atoms with van der Waals surface area (Å²) >= 11 is 1.63. The van der Waals surface area contributed by atoms with Crippen LogP contribution in [0.25, 0.3) is 11.3 Å². The van der Waals surface area contributed by atoms with E-state index in [4.69, 9.17) is 5.11 Å². The fourth-order valence-electron chi connectivity index (χ4n) is 2.15. The van der Waals surface area contributed by atoms with Crippen LogP contribution < -0.4 is 5.32 Å². The molecule has 0 bridgehead atoms. The molecule has 0 saturated carbocycles. The summed E-state index contributed by atoms with van der Waals surface area (Å²) in [7, 11) is 0. The smallest absolute Gasteiger partial charge is 0.224 e. The van der Waals surface area contributed by atoms with Gasteiger partial charge in [0.1, 0.15) is 0 Å². The van der Waals surface area contributed by atoms with E-state index >= 15 is 0 Å². The molecular formula is C17H22N2O2S. The third-order valence-corrected chi connectivity index (χ3v) is 4.28. The molecule has 1 aromatic heterocycles. The number of carbonyl (C=O) groups excluding carboxylic acids is 1. The SMILES string of the molecule is Cc1nc(-c2ccc(CC(=O)NCC(C)CCO)cc2)cs1. The third kappa shape index (κ3) is 4.93. The normalized spacial score (nSPS) is 12.1. The first-order valence-corrected chi connectivity index (χ1v) is 8.35. The van der Waals surface area contributed by atoms with Gasteiger partial charge in [-0.15, -0.1) is 11.3 Å². The van der Waals surface area contributed by atoms with Gasteiger partial charge in [0.2, 0.25) is 5.91 Å². The number of nitrogens with one attached hydrogen (secondary N) is 1. The predicted molar refractivity (Wildman–Crippen MR) is 89.9 cm³/mol. The summed E-state index contributed by atoms with van der Waals surface area (Å²) in [6, 6.07) is 7.96. The zero-order valence-corrected chi connectivity index (χ0v) is 13.8. The van der Waals surface area contributed by atoms with Crippen molar-refractivity contribution in [1.29, 1.82) is 0 Å². The van der Waals surface area contributed by atoms with Crippen molar-refractivity contribution in [2.75, 3.05) is 13.2 Å². The topological polar surface area (TPSA) is 62.2 Å². The van der Waals surface area contributed by atoms with E-state index in [1.54, 1.807) is 11.3 Å². The molecule has 0 saturated heterocycles. The molecule has 1 atom stereocenters. The van der Waals surface area contributed by atoms with Crippen LogP contribution in [0.5, 0.6) is 0 Å². The number of nitrogens with zero attached hydrogens (tertiary/aromatic N) is 1. The Kier molecular flexibility index (Phi) is 6.10. The van der Waals surface area contributed by atoms with Gasteiger partial charge in [-0.2, -0.15) is 0 Å². The lowest BCUT2D eigenvalue weighted by molar-refractivity contribution is -0.120. The molecule has 0 aliphatic rings. The lowest BCUT2D eigenvalue weighted by atomic mass is 10.1. The van der Waals surface area contributed by atoms with Gasteiger partial charge >= 0.3 is 0 Å². The standard InChI is InChI=1S/C17H22N2O2S/c1-12(7-8-20)10-18-17(21)9-14-3-5-15(6-4-14)16-11-22-13(2)19-16/h3-6,11-12,20H,7-10H2,1-2H3,(H,18,21). The molecule has 2 N–H and O–H groups in total. The van der Waals surface area contributed by atoms with Crippen LogP contribution in [0.3, 0.4) is 0 Å². The number of carbonyl (C=O) groups is 1. The average molecular weight is 318 g/mol. The molecule has 4 nitrogen and oxygen atoms in total. The number of aliphatic hydroxyl groups excluding tert-OH is 1. The molecule has 0 fully saturated rings. The van der Waals surface area contributed by atoms with Gasteiger partial charge in [-0.25, -0.2) is 4.98 Å². The maximum atomic E-state index is 11.9. The van der Waals surface area contributed by atoms with Crippen LogP contribution in [-0.2, 0) is 11.2 Å². The Labute approximate surface area is 135 Å². The lowest BCUT2D eigenvalue weighted by Crippen LogP contribution is -2.29. The fraction of sp³-hybridized carbons (Fsp3) is 0.412. The summed E-state index contributed by atoms with van der Waals surface area (Å²) in [4.78, 5) is 16.4. The van der Waals surface area contributed by atoms with Gasteiger partial charge in [0.15, 0.2) is 0 Å². The molecule has 0 radical (unpaired) electrons. The van der Waals surface area contributed by atoms with E-state index in [2.05, 4.69) is 10.3 Å². The minimum absolute atomic E-state index is 0.0158. The number of benzene rings is 1. The van der Waals surface area contributed by atoms with E-state index in [-0.39, 0.29) is 12.5 Å². The van der Waals surface area contributed by atoms with Crippen LogP contribution in [0.4, 0.5) is 0 Å². The van der Waals surface area contributed by atoms with Gasteiger partial charge in [0.25, 0.3) is 0 Å². The van der Waals surface area contributed by atoms with Crippen molar-refractivity contribution in [3.63, 3.8) is 0 Å². The molecule has 0 aliphatic carbocycles. The zero-order chi connectivity index (χ0) is 15.9. The highest BCUT2D eigenvalue weighted by Gasteiger charge is 2.07. The summed E-state index contributed by atoms with van der Waals surface area (Å²) in [6.07, 6.45) is 1.09. The number of aliphatic hydroxyl groups is 1. The summed E-state index contributed by atoms with van der Waals surface area (Å²) in [5.41, 5.74) is 3.05. The Bertz CT molecular complexity index is 607. The van der Waals surface area contributed by atoms with Crippen LogP contribution in [-0.4, -0.2) is 29.1 Å². The van der Waals surface area contributed by atoms with E-state index in [0.29, 0.717) is 25.3 Å². The molecule has 118 valence electrons. The highest BCUT2D eigenvalue weighted by Crippen LogP contribution is 2.21. The minimum atomic E-state index is 0.0158. The molecule has 22 heavy (non-hydrogen) atoms. The second-order valence-electron chi connectivity index (χ2n) is 5.55. The van der Waals surface area contributed by atoms with Crippen molar-refractivity contribution in [2.24, 2.45) is 5.92 Å². The van der Waals surface area contributed by atoms with E-state index in [1.807, 2.05) is 43.5 Å². The zero-order valence-electron chi connectivity index (χ0n) is 13.0. The van der Waals surface area contributed by atoms with E-state index in [0.717, 1.165) is 21.8 Å². The number of aromatic nitrogens is 1. The number of thiazole rings is 1. The molecule has 2 aromatic rings.